The summed E-state index contributed by atoms with van der Waals surface area (Å²) in [6, 6.07) is 0.254. The van der Waals surface area contributed by atoms with Crippen molar-refractivity contribution in [2.45, 2.75) is 45.7 Å². The Balaban J connectivity index is 0.00000338. The van der Waals surface area contributed by atoms with Gasteiger partial charge < -0.3 is 15.4 Å². The van der Waals surface area contributed by atoms with Crippen molar-refractivity contribution in [1.29, 1.82) is 0 Å². The number of methoxy groups -OCH3 is 1. The van der Waals surface area contributed by atoms with Crippen LogP contribution in [0.5, 0.6) is 0 Å². The highest BCUT2D eigenvalue weighted by molar-refractivity contribution is 14.0. The number of ether oxygens (including phenoxy) is 1. The molecule has 1 saturated heterocycles. The molecule has 1 aliphatic heterocycles. The molecule has 0 amide bonds. The highest BCUT2D eigenvalue weighted by atomic mass is 127. The van der Waals surface area contributed by atoms with Crippen LogP contribution >= 0.6 is 35.3 Å². The van der Waals surface area contributed by atoms with Gasteiger partial charge in [0, 0.05) is 38.7 Å². The third-order valence-corrected chi connectivity index (χ3v) is 5.62. The molecule has 26 heavy (non-hydrogen) atoms. The number of aromatic nitrogens is 1. The molecule has 0 saturated carbocycles. The molecule has 1 atom stereocenters. The highest BCUT2D eigenvalue weighted by Gasteiger charge is 2.20. The number of nitrogens with one attached hydrogen (secondary N) is 2. The van der Waals surface area contributed by atoms with Crippen molar-refractivity contribution in [2.24, 2.45) is 10.9 Å². The van der Waals surface area contributed by atoms with E-state index in [2.05, 4.69) is 44.7 Å². The van der Waals surface area contributed by atoms with E-state index in [1.165, 1.54) is 23.5 Å². The second-order valence-electron chi connectivity index (χ2n) is 6.76. The van der Waals surface area contributed by atoms with Crippen LogP contribution in [-0.4, -0.2) is 62.3 Å². The molecule has 2 N–H and O–H groups in total. The summed E-state index contributed by atoms with van der Waals surface area (Å²) in [4.78, 5) is 11.5. The second-order valence-corrected chi connectivity index (χ2v) is 7.70. The molecule has 0 bridgehead atoms. The van der Waals surface area contributed by atoms with Crippen molar-refractivity contribution < 1.29 is 4.74 Å². The molecule has 150 valence electrons. The maximum absolute atomic E-state index is 5.16. The predicted octanol–water partition coefficient (Wildman–Crippen LogP) is 2.74. The van der Waals surface area contributed by atoms with Crippen molar-refractivity contribution in [3.63, 3.8) is 0 Å². The van der Waals surface area contributed by atoms with Crippen LogP contribution in [0.4, 0.5) is 0 Å². The number of guanidine groups is 1. The molecule has 0 aliphatic carbocycles. The van der Waals surface area contributed by atoms with E-state index in [1.807, 2.05) is 7.05 Å². The van der Waals surface area contributed by atoms with Gasteiger partial charge in [-0.1, -0.05) is 6.92 Å². The van der Waals surface area contributed by atoms with Crippen molar-refractivity contribution >= 4 is 41.3 Å². The topological polar surface area (TPSA) is 61.8 Å². The van der Waals surface area contributed by atoms with Crippen LogP contribution in [0.15, 0.2) is 10.4 Å². The standard InChI is InChI=1S/C18H33N5OS.HI/c1-5-17-22-16(13-25-17)11-23-8-6-15(7-9-23)10-20-18(19-3)21-14(2)12-24-4;/h13-15H,5-12H2,1-4H3,(H2,19,20,21);1H. The van der Waals surface area contributed by atoms with E-state index in [1.54, 1.807) is 18.4 Å². The van der Waals surface area contributed by atoms with E-state index in [-0.39, 0.29) is 30.0 Å². The molecular weight excluding hydrogens is 461 g/mol. The number of hydrogen-bond donors (Lipinski definition) is 2. The first kappa shape index (κ1) is 23.6. The number of nitrogens with zero attached hydrogens (tertiary/aromatic N) is 3. The van der Waals surface area contributed by atoms with Crippen LogP contribution in [0.2, 0.25) is 0 Å². The molecule has 0 radical (unpaired) electrons. The summed E-state index contributed by atoms with van der Waals surface area (Å²) in [5.41, 5.74) is 1.23. The minimum atomic E-state index is 0. The molecule has 1 fully saturated rings. The third-order valence-electron chi connectivity index (χ3n) is 4.58. The highest BCUT2D eigenvalue weighted by Crippen LogP contribution is 2.19. The maximum atomic E-state index is 5.16. The van der Waals surface area contributed by atoms with Crippen LogP contribution in [0.1, 0.15) is 37.4 Å². The minimum absolute atomic E-state index is 0. The Kier molecular flexibility index (Phi) is 11.7. The molecule has 1 aliphatic rings. The largest absolute Gasteiger partial charge is 0.383 e. The van der Waals surface area contributed by atoms with Crippen LogP contribution in [-0.2, 0) is 17.7 Å². The fourth-order valence-electron chi connectivity index (χ4n) is 3.12. The van der Waals surface area contributed by atoms with Crippen molar-refractivity contribution in [1.82, 2.24) is 20.5 Å². The summed E-state index contributed by atoms with van der Waals surface area (Å²) >= 11 is 1.78. The molecule has 1 aromatic rings. The average Bonchev–Trinajstić information content (AvgIpc) is 3.07. The van der Waals surface area contributed by atoms with Crippen LogP contribution in [0, 0.1) is 5.92 Å². The van der Waals surface area contributed by atoms with Gasteiger partial charge in [-0.3, -0.25) is 9.89 Å². The van der Waals surface area contributed by atoms with Gasteiger partial charge in [0.1, 0.15) is 0 Å². The smallest absolute Gasteiger partial charge is 0.191 e. The van der Waals surface area contributed by atoms with Gasteiger partial charge in [-0.15, -0.1) is 35.3 Å². The summed E-state index contributed by atoms with van der Waals surface area (Å²) in [6.07, 6.45) is 3.49. The Bertz CT molecular complexity index is 531. The molecule has 2 heterocycles. The van der Waals surface area contributed by atoms with Crippen LogP contribution in [0.3, 0.4) is 0 Å². The van der Waals surface area contributed by atoms with Gasteiger partial charge in [0.15, 0.2) is 5.96 Å². The first-order valence-corrected chi connectivity index (χ1v) is 10.1. The molecular formula is C18H34IN5OS. The monoisotopic (exact) mass is 495 g/mol. The minimum Gasteiger partial charge on any atom is -0.383 e. The number of hydrogen-bond acceptors (Lipinski definition) is 5. The molecule has 8 heteroatoms. The molecule has 2 rings (SSSR count). The predicted molar refractivity (Wildman–Crippen MR) is 121 cm³/mol. The third kappa shape index (κ3) is 8.06. The molecule has 6 nitrogen and oxygen atoms in total. The van der Waals surface area contributed by atoms with E-state index in [9.17, 15) is 0 Å². The van der Waals surface area contributed by atoms with E-state index in [0.29, 0.717) is 12.5 Å². The zero-order chi connectivity index (χ0) is 18.1. The zero-order valence-corrected chi connectivity index (χ0v) is 19.6. The number of thiazole rings is 1. The first-order valence-electron chi connectivity index (χ1n) is 9.26. The number of halogens is 1. The molecule has 0 spiro atoms. The van der Waals surface area contributed by atoms with Gasteiger partial charge in [0.05, 0.1) is 17.3 Å². The summed E-state index contributed by atoms with van der Waals surface area (Å²) in [6.45, 7) is 9.21. The van der Waals surface area contributed by atoms with Gasteiger partial charge in [-0.05, 0) is 45.2 Å². The number of rotatable bonds is 8. The quantitative estimate of drug-likeness (QED) is 0.330. The van der Waals surface area contributed by atoms with Crippen LogP contribution < -0.4 is 10.6 Å². The Labute approximate surface area is 179 Å². The summed E-state index contributed by atoms with van der Waals surface area (Å²) < 4.78 is 5.16. The fourth-order valence-corrected chi connectivity index (χ4v) is 3.86. The zero-order valence-electron chi connectivity index (χ0n) is 16.5. The van der Waals surface area contributed by atoms with E-state index in [4.69, 9.17) is 4.74 Å². The lowest BCUT2D eigenvalue weighted by Gasteiger charge is -2.32. The Morgan fingerprint density at radius 1 is 1.46 bits per heavy atom. The van der Waals surface area contributed by atoms with Gasteiger partial charge >= 0.3 is 0 Å². The summed E-state index contributed by atoms with van der Waals surface area (Å²) in [5, 5.41) is 10.3. The van der Waals surface area contributed by atoms with Gasteiger partial charge in [-0.2, -0.15) is 0 Å². The number of aryl methyl sites for hydroxylation is 1. The van der Waals surface area contributed by atoms with Crippen molar-refractivity contribution in [2.75, 3.05) is 40.4 Å². The lowest BCUT2D eigenvalue weighted by molar-refractivity contribution is 0.174. The van der Waals surface area contributed by atoms with E-state index >= 15 is 0 Å². The summed E-state index contributed by atoms with van der Waals surface area (Å²) in [5.74, 6) is 1.57. The lowest BCUT2D eigenvalue weighted by Crippen LogP contribution is -2.46. The van der Waals surface area contributed by atoms with Gasteiger partial charge in [-0.25, -0.2) is 4.98 Å². The second kappa shape index (κ2) is 12.9. The Morgan fingerprint density at radius 2 is 2.19 bits per heavy atom. The normalized spacial score (nSPS) is 17.6. The number of aliphatic imine (C=N–C) groups is 1. The number of likely N-dealkylation sites (tertiary alicyclic amines) is 1. The number of piperidine rings is 1. The average molecular weight is 495 g/mol. The Hall–Kier alpha value is -0.450. The van der Waals surface area contributed by atoms with Gasteiger partial charge in [0.2, 0.25) is 0 Å². The van der Waals surface area contributed by atoms with Gasteiger partial charge in [0.25, 0.3) is 0 Å². The fraction of sp³-hybridized carbons (Fsp3) is 0.778. The van der Waals surface area contributed by atoms with Crippen molar-refractivity contribution in [3.05, 3.63) is 16.1 Å². The molecule has 0 aromatic carbocycles. The first-order chi connectivity index (χ1) is 12.1. The van der Waals surface area contributed by atoms with Crippen LogP contribution in [0.25, 0.3) is 0 Å². The maximum Gasteiger partial charge on any atom is 0.191 e. The Morgan fingerprint density at radius 3 is 2.77 bits per heavy atom. The molecule has 1 unspecified atom stereocenters. The lowest BCUT2D eigenvalue weighted by atomic mass is 9.97. The molecule has 1 aromatic heterocycles. The van der Waals surface area contributed by atoms with E-state index in [0.717, 1.165) is 38.6 Å². The van der Waals surface area contributed by atoms with E-state index < -0.39 is 0 Å². The SMILES string of the molecule is CCc1nc(CN2CCC(CNC(=NC)NC(C)COC)CC2)cs1.I. The van der Waals surface area contributed by atoms with Crippen molar-refractivity contribution in [3.8, 4) is 0 Å². The summed E-state index contributed by atoms with van der Waals surface area (Å²) in [7, 11) is 3.53.